The fraction of sp³-hybridized carbons (Fsp3) is 0.200. The molecule has 0 spiro atoms. The molecule has 1 saturated heterocycles. The second-order valence-corrected chi connectivity index (χ2v) is 4.62. The molecule has 4 heteroatoms. The van der Waals surface area contributed by atoms with Crippen molar-refractivity contribution in [3.8, 4) is 0 Å². The smallest absolute Gasteiger partial charge is 1.00 e. The molecule has 0 radical (unpaired) electrons. The molecular weight excluding hydrogens is 228 g/mol. The summed E-state index contributed by atoms with van der Waals surface area (Å²) in [7, 11) is 0.123. The zero-order chi connectivity index (χ0) is 12.4. The van der Waals surface area contributed by atoms with Gasteiger partial charge in [0.15, 0.2) is 0 Å². The maximum absolute atomic E-state index is 6.04. The van der Waals surface area contributed by atoms with Gasteiger partial charge in [0, 0.05) is 12.2 Å². The molecule has 92 valence electrons. The molecule has 2 aromatic rings. The first kappa shape index (κ1) is 14.3. The summed E-state index contributed by atoms with van der Waals surface area (Å²) in [5.41, 5.74) is 2.48. The van der Waals surface area contributed by atoms with E-state index in [1.54, 1.807) is 0 Å². The zero-order valence-corrected chi connectivity index (χ0v) is 11.5. The first-order valence-electron chi connectivity index (χ1n) is 6.37. The summed E-state index contributed by atoms with van der Waals surface area (Å²) < 4.78 is 6.04. The van der Waals surface area contributed by atoms with Gasteiger partial charge in [-0.3, -0.25) is 0 Å². The van der Waals surface area contributed by atoms with Gasteiger partial charge >= 0.3 is 25.9 Å². The van der Waals surface area contributed by atoms with Gasteiger partial charge in [-0.2, -0.15) is 0 Å². The van der Waals surface area contributed by atoms with Gasteiger partial charge < -0.3 is 10.9 Å². The quantitative estimate of drug-likeness (QED) is 0.714. The number of rotatable bonds is 2. The second-order valence-electron chi connectivity index (χ2n) is 4.62. The summed E-state index contributed by atoms with van der Waals surface area (Å²) in [6.45, 7) is 3.02. The molecule has 0 amide bonds. The van der Waals surface area contributed by atoms with Gasteiger partial charge in [-0.15, -0.1) is 0 Å². The Morgan fingerprint density at radius 2 is 1.63 bits per heavy atom. The van der Waals surface area contributed by atoms with Crippen LogP contribution in [0.1, 0.15) is 13.1 Å². The third-order valence-corrected chi connectivity index (χ3v) is 3.42. The molecule has 2 aromatic carbocycles. The molecule has 1 heterocycles. The van der Waals surface area contributed by atoms with E-state index in [0.29, 0.717) is 0 Å². The molecule has 0 aromatic heterocycles. The fourth-order valence-corrected chi connectivity index (χ4v) is 2.47. The maximum Gasteiger partial charge on any atom is 1.00 e. The molecule has 1 atom stereocenters. The van der Waals surface area contributed by atoms with Gasteiger partial charge in [-0.05, 0) is 24.5 Å². The molecule has 3 rings (SSSR count). The third kappa shape index (κ3) is 3.06. The molecule has 1 unspecified atom stereocenters. The standard InChI is InChI=1S/C15H16BNO.Li.H/c1-16-17(14-10-6-3-7-11-14)12-15(18-16)13-8-4-2-5-9-13;;/h2-11,15H,12H2,1H3;;/q;+1;-1. The topological polar surface area (TPSA) is 12.5 Å². The molecule has 2 nitrogen and oxygen atoms in total. The minimum absolute atomic E-state index is 0. The Kier molecular flexibility index (Phi) is 4.77. The predicted octanol–water partition coefficient (Wildman–Crippen LogP) is 0.499. The van der Waals surface area contributed by atoms with Gasteiger partial charge in [0.05, 0.1) is 6.10 Å². The van der Waals surface area contributed by atoms with Gasteiger partial charge in [-0.25, -0.2) is 0 Å². The van der Waals surface area contributed by atoms with Crippen molar-refractivity contribution in [1.82, 2.24) is 0 Å². The third-order valence-electron chi connectivity index (χ3n) is 3.42. The van der Waals surface area contributed by atoms with Crippen LogP contribution >= 0.6 is 0 Å². The zero-order valence-electron chi connectivity index (χ0n) is 12.5. The van der Waals surface area contributed by atoms with E-state index in [-0.39, 0.29) is 33.4 Å². The van der Waals surface area contributed by atoms with Crippen LogP contribution < -0.4 is 23.7 Å². The van der Waals surface area contributed by atoms with Gasteiger partial charge in [0.2, 0.25) is 0 Å². The van der Waals surface area contributed by atoms with Crippen LogP contribution in [-0.4, -0.2) is 13.6 Å². The second kappa shape index (κ2) is 6.34. The van der Waals surface area contributed by atoms with Crippen molar-refractivity contribution in [3.63, 3.8) is 0 Å². The SMILES string of the molecule is CB1OC(c2ccccc2)CN1c1ccccc1.[H-].[Li+]. The summed E-state index contributed by atoms with van der Waals surface area (Å²) >= 11 is 0. The molecule has 1 aliphatic rings. The summed E-state index contributed by atoms with van der Waals surface area (Å²) in [6, 6.07) is 20.9. The van der Waals surface area contributed by atoms with Crippen LogP contribution in [0.2, 0.25) is 6.82 Å². The molecule has 1 fully saturated rings. The van der Waals surface area contributed by atoms with E-state index in [1.807, 2.05) is 12.1 Å². The Balaban J connectivity index is 0.000001000. The van der Waals surface area contributed by atoms with E-state index in [4.69, 9.17) is 4.65 Å². The molecule has 0 saturated carbocycles. The molecule has 0 aliphatic carbocycles. The number of benzene rings is 2. The average Bonchev–Trinajstić information content (AvgIpc) is 2.83. The van der Waals surface area contributed by atoms with Crippen molar-refractivity contribution in [2.75, 3.05) is 11.4 Å². The van der Waals surface area contributed by atoms with Gasteiger partial charge in [-0.1, -0.05) is 48.5 Å². The summed E-state index contributed by atoms with van der Waals surface area (Å²) in [4.78, 5) is 2.30. The number of nitrogens with zero attached hydrogens (tertiary/aromatic N) is 1. The summed E-state index contributed by atoms with van der Waals surface area (Å²) in [6.07, 6.45) is 0.168. The first-order valence-corrected chi connectivity index (χ1v) is 6.37. The van der Waals surface area contributed by atoms with E-state index in [2.05, 4.69) is 60.2 Å². The molecule has 19 heavy (non-hydrogen) atoms. The maximum atomic E-state index is 6.04. The van der Waals surface area contributed by atoms with Crippen molar-refractivity contribution >= 4 is 12.7 Å². The Morgan fingerprint density at radius 1 is 1.05 bits per heavy atom. The molecular formula is C15H17BLiNO. The average molecular weight is 245 g/mol. The van der Waals surface area contributed by atoms with E-state index in [1.165, 1.54) is 11.3 Å². The van der Waals surface area contributed by atoms with Crippen LogP contribution in [0, 0.1) is 0 Å². The minimum Gasteiger partial charge on any atom is -1.00 e. The Bertz CT molecular complexity index is 514. The summed E-state index contributed by atoms with van der Waals surface area (Å²) in [5.74, 6) is 0. The van der Waals surface area contributed by atoms with E-state index in [0.717, 1.165) is 6.54 Å². The Morgan fingerprint density at radius 3 is 2.26 bits per heavy atom. The van der Waals surface area contributed by atoms with Crippen molar-refractivity contribution in [1.29, 1.82) is 0 Å². The monoisotopic (exact) mass is 245 g/mol. The van der Waals surface area contributed by atoms with Crippen molar-refractivity contribution in [3.05, 3.63) is 66.2 Å². The van der Waals surface area contributed by atoms with Crippen molar-refractivity contribution in [2.45, 2.75) is 12.9 Å². The van der Waals surface area contributed by atoms with Crippen LogP contribution in [0.3, 0.4) is 0 Å². The van der Waals surface area contributed by atoms with Gasteiger partial charge in [0.1, 0.15) is 0 Å². The number of anilines is 1. The van der Waals surface area contributed by atoms with Crippen LogP contribution in [0.15, 0.2) is 60.7 Å². The van der Waals surface area contributed by atoms with Gasteiger partial charge in [0.25, 0.3) is 0 Å². The number of hydrogen-bond donors (Lipinski definition) is 0. The largest absolute Gasteiger partial charge is 1.00 e. The van der Waals surface area contributed by atoms with Crippen molar-refractivity contribution < 1.29 is 24.9 Å². The summed E-state index contributed by atoms with van der Waals surface area (Å²) in [5, 5.41) is 0. The van der Waals surface area contributed by atoms with E-state index >= 15 is 0 Å². The fourth-order valence-electron chi connectivity index (χ4n) is 2.47. The van der Waals surface area contributed by atoms with Crippen molar-refractivity contribution in [2.24, 2.45) is 0 Å². The number of hydrogen-bond acceptors (Lipinski definition) is 2. The Hall–Kier alpha value is -1.14. The van der Waals surface area contributed by atoms with E-state index < -0.39 is 0 Å². The molecule has 0 bridgehead atoms. The number of para-hydroxylation sites is 1. The van der Waals surface area contributed by atoms with Crippen LogP contribution in [-0.2, 0) is 4.65 Å². The molecule has 1 aliphatic heterocycles. The Labute approximate surface area is 128 Å². The predicted molar refractivity (Wildman–Crippen MR) is 76.8 cm³/mol. The molecule has 0 N–H and O–H groups in total. The van der Waals surface area contributed by atoms with E-state index in [9.17, 15) is 0 Å². The van der Waals surface area contributed by atoms with Crippen LogP contribution in [0.4, 0.5) is 5.69 Å². The normalized spacial score (nSPS) is 18.3. The first-order chi connectivity index (χ1) is 8.84. The minimum atomic E-state index is 0. The van der Waals surface area contributed by atoms with Crippen LogP contribution in [0.5, 0.6) is 0 Å². The van der Waals surface area contributed by atoms with Crippen LogP contribution in [0.25, 0.3) is 0 Å².